The molecule has 2 aromatic carbocycles. The number of nitrogens with one attached hydrogen (secondary N) is 4. The maximum atomic E-state index is 14.1. The molecule has 1 amide bonds. The van der Waals surface area contributed by atoms with Crippen LogP contribution in [0, 0.1) is 5.92 Å². The first kappa shape index (κ1) is 58.9. The fraction of sp³-hybridized carbons (Fsp3) is 0.324. The van der Waals surface area contributed by atoms with Crippen LogP contribution >= 0.6 is 0 Å². The molecule has 3 saturated heterocycles. The number of aromatic nitrogens is 11. The van der Waals surface area contributed by atoms with Gasteiger partial charge in [0, 0.05) is 136 Å². The van der Waals surface area contributed by atoms with Crippen molar-refractivity contribution in [3.05, 3.63) is 178 Å². The van der Waals surface area contributed by atoms with Gasteiger partial charge < -0.3 is 40.0 Å². The summed E-state index contributed by atoms with van der Waals surface area (Å²) in [5.74, 6) is 2.19. The number of piperidine rings is 1. The molecule has 88 heavy (non-hydrogen) atoms. The van der Waals surface area contributed by atoms with Crippen molar-refractivity contribution in [2.45, 2.75) is 71.4 Å². The molecule has 4 N–H and O–H groups in total. The highest BCUT2D eigenvalue weighted by Gasteiger charge is 2.24. The number of anilines is 4. The van der Waals surface area contributed by atoms with Gasteiger partial charge in [0.1, 0.15) is 17.8 Å². The molecule has 0 aliphatic carbocycles. The van der Waals surface area contributed by atoms with Gasteiger partial charge in [0.15, 0.2) is 5.82 Å². The highest BCUT2D eigenvalue weighted by atomic mass is 16.5. The van der Waals surface area contributed by atoms with Gasteiger partial charge in [-0.25, -0.2) is 19.9 Å². The average molecular weight is 1180 g/mol. The number of pyridine rings is 3. The van der Waals surface area contributed by atoms with Gasteiger partial charge in [-0.15, -0.1) is 0 Å². The second-order valence-electron chi connectivity index (χ2n) is 22.9. The number of benzene rings is 2. The van der Waals surface area contributed by atoms with Crippen LogP contribution in [-0.2, 0) is 36.7 Å². The first-order valence-electron chi connectivity index (χ1n) is 30.2. The third-order valence-electron chi connectivity index (χ3n) is 17.2. The van der Waals surface area contributed by atoms with Crippen molar-refractivity contribution in [1.82, 2.24) is 68.7 Å². The highest BCUT2D eigenvalue weighted by Crippen LogP contribution is 2.30. The van der Waals surface area contributed by atoms with Crippen LogP contribution in [0.15, 0.2) is 156 Å². The summed E-state index contributed by atoms with van der Waals surface area (Å²) < 4.78 is 12.9. The minimum Gasteiger partial charge on any atom is -0.381 e. The molecule has 0 radical (unpaired) electrons. The smallest absolute Gasteiger partial charge is 0.261 e. The van der Waals surface area contributed by atoms with E-state index in [0.717, 1.165) is 105 Å². The zero-order chi connectivity index (χ0) is 59.2. The molecule has 14 rings (SSSR count). The summed E-state index contributed by atoms with van der Waals surface area (Å²) in [6, 6.07) is 32.2. The number of fused-ring (bicyclic) bond motifs is 2. The Kier molecular flexibility index (Phi) is 17.8. The van der Waals surface area contributed by atoms with Crippen LogP contribution < -0.4 is 32.4 Å². The summed E-state index contributed by atoms with van der Waals surface area (Å²) in [5.41, 5.74) is 11.4. The van der Waals surface area contributed by atoms with Gasteiger partial charge in [-0.05, 0) is 166 Å². The molecule has 8 aromatic heterocycles. The van der Waals surface area contributed by atoms with Gasteiger partial charge >= 0.3 is 0 Å². The van der Waals surface area contributed by atoms with Crippen molar-refractivity contribution in [2.24, 2.45) is 20.0 Å². The van der Waals surface area contributed by atoms with E-state index in [1.807, 2.05) is 95.3 Å². The van der Waals surface area contributed by atoms with Gasteiger partial charge in [-0.1, -0.05) is 37.8 Å². The Bertz CT molecular complexity index is 4230. The zero-order valence-corrected chi connectivity index (χ0v) is 49.0. The molecule has 3 fully saturated rings. The number of nitrogens with zero attached hydrogens (tertiary/aromatic N) is 12. The van der Waals surface area contributed by atoms with Gasteiger partial charge in [0.2, 0.25) is 17.8 Å². The minimum absolute atomic E-state index is 0. The van der Waals surface area contributed by atoms with Crippen LogP contribution in [0.1, 0.15) is 69.4 Å². The second-order valence-corrected chi connectivity index (χ2v) is 22.9. The zero-order valence-electron chi connectivity index (χ0n) is 49.0. The van der Waals surface area contributed by atoms with Crippen LogP contribution in [0.5, 0.6) is 0 Å². The Hall–Kier alpha value is -9.50. The predicted molar refractivity (Wildman–Crippen MR) is 347 cm³/mol. The van der Waals surface area contributed by atoms with Crippen molar-refractivity contribution in [1.29, 1.82) is 0 Å². The predicted octanol–water partition coefficient (Wildman–Crippen LogP) is 10.1. The van der Waals surface area contributed by atoms with Crippen molar-refractivity contribution >= 4 is 56.8 Å². The van der Waals surface area contributed by atoms with Gasteiger partial charge in [0.25, 0.3) is 11.1 Å². The third kappa shape index (κ3) is 13.0. The molecular weight excluding hydrogens is 1100 g/mol. The number of likely N-dealkylation sites (tertiary alicyclic amines) is 1. The summed E-state index contributed by atoms with van der Waals surface area (Å²) in [6.07, 6.45) is 21.9. The number of amides is 1. The summed E-state index contributed by atoms with van der Waals surface area (Å²) in [6.45, 7) is 7.31. The van der Waals surface area contributed by atoms with Crippen LogP contribution in [0.25, 0.3) is 72.8 Å². The van der Waals surface area contributed by atoms with Crippen molar-refractivity contribution < 1.29 is 9.53 Å². The molecule has 12 heterocycles. The summed E-state index contributed by atoms with van der Waals surface area (Å²) >= 11 is 0. The number of ether oxygens (including phenoxy) is 1. The van der Waals surface area contributed by atoms with E-state index in [-0.39, 0.29) is 31.0 Å². The molecule has 20 heteroatoms. The van der Waals surface area contributed by atoms with Crippen LogP contribution in [-0.4, -0.2) is 116 Å². The molecular formula is C68H74N16O4. The number of aryl methyl sites for hydroxylation is 2. The molecule has 0 bridgehead atoms. The van der Waals surface area contributed by atoms with Crippen molar-refractivity contribution in [3.8, 4) is 45.2 Å². The molecule has 4 aliphatic heterocycles. The maximum Gasteiger partial charge on any atom is 0.261 e. The molecule has 0 saturated carbocycles. The summed E-state index contributed by atoms with van der Waals surface area (Å²) in [4.78, 5) is 75.7. The van der Waals surface area contributed by atoms with Crippen LogP contribution in [0.4, 0.5) is 23.3 Å². The standard InChI is InChI=1S/C34H35N7O2.C33H35N9O2.CH4/c1-40-16-2-3-31(40)26-6-9-30(36-20-26)29-19-27-21-37-34(38-28-7-4-24(5-8-28)25-10-14-35-15-11-25)39-32(27)41(33(29)42)22-23-12-17-43-18-13-23;1-40-14-4-5-28(40)30-35-19-25(20-36-30)27-17-24-18-37-33(38-26-8-6-22(7-9-26)23-10-12-34-13-11-23)39-31(24)42(32(27)44)21-29(43)41-15-2-3-16-41;/h2-10,16,19-21,23,35H,11-15,17-18,22H2,1H3,(H,37,38,39);4-9,14,17-20,23,34H,2-3,10-13,15-16,21H2,1H3,(H,37,38,39);1H4. The Balaban J connectivity index is 0.000000169. The lowest BCUT2D eigenvalue weighted by Crippen LogP contribution is -2.35. The molecule has 4 aliphatic rings. The topological polar surface area (TPSA) is 222 Å². The van der Waals surface area contributed by atoms with Gasteiger partial charge in [-0.3, -0.25) is 28.5 Å². The first-order valence-corrected chi connectivity index (χ1v) is 30.2. The number of hydrogen-bond acceptors (Lipinski definition) is 15. The molecule has 0 spiro atoms. The number of rotatable bonds is 14. The third-order valence-corrected chi connectivity index (χ3v) is 17.2. The number of hydrogen-bond donors (Lipinski definition) is 4. The molecule has 450 valence electrons. The summed E-state index contributed by atoms with van der Waals surface area (Å²) in [5, 5.41) is 14.8. The quantitative estimate of drug-likeness (QED) is 0.0795. The largest absolute Gasteiger partial charge is 0.381 e. The maximum absolute atomic E-state index is 14.1. The average Bonchev–Trinajstić information content (AvgIpc) is 1.32. The normalized spacial score (nSPS) is 15.6. The van der Waals surface area contributed by atoms with Gasteiger partial charge in [0.05, 0.1) is 22.5 Å². The second kappa shape index (κ2) is 26.6. The van der Waals surface area contributed by atoms with Crippen LogP contribution in [0.3, 0.4) is 0 Å². The number of carbonyl (C=O) groups is 1. The van der Waals surface area contributed by atoms with E-state index in [1.54, 1.807) is 30.9 Å². The van der Waals surface area contributed by atoms with E-state index in [1.165, 1.54) is 21.3 Å². The van der Waals surface area contributed by atoms with E-state index in [4.69, 9.17) is 19.7 Å². The molecule has 10 aromatic rings. The monoisotopic (exact) mass is 1180 g/mol. The Morgan fingerprint density at radius 3 is 1.84 bits per heavy atom. The molecule has 20 nitrogen and oxygen atoms in total. The fourth-order valence-electron chi connectivity index (χ4n) is 12.2. The Morgan fingerprint density at radius 2 is 1.23 bits per heavy atom. The van der Waals surface area contributed by atoms with E-state index >= 15 is 0 Å². The Morgan fingerprint density at radius 1 is 0.625 bits per heavy atom. The SMILES string of the molecule is C.Cn1cccc1-c1ccc(-c2cc3cnc(Nc4ccc(C5=CCNCC5)cc4)nc3n(CC3CCOCC3)c2=O)nc1.Cn1cccc1-c1ncc(-c2cc3cnc(Nc4ccc(C5CCNCC5)cc4)nc3n(CC(=O)N3CCCC3)c2=O)cn1. The Labute approximate surface area is 510 Å². The molecule has 0 atom stereocenters. The highest BCUT2D eigenvalue weighted by molar-refractivity contribution is 5.85. The lowest BCUT2D eigenvalue weighted by molar-refractivity contribution is -0.130. The lowest BCUT2D eigenvalue weighted by atomic mass is 9.90. The lowest BCUT2D eigenvalue weighted by Gasteiger charge is -2.23. The van der Waals surface area contributed by atoms with Crippen molar-refractivity contribution in [3.63, 3.8) is 0 Å². The van der Waals surface area contributed by atoms with Gasteiger partial charge in [-0.2, -0.15) is 9.97 Å². The minimum atomic E-state index is -0.323. The van der Waals surface area contributed by atoms with Crippen LogP contribution in [0.2, 0.25) is 0 Å². The number of carbonyl (C=O) groups excluding carboxylic acids is 1. The van der Waals surface area contributed by atoms with Crippen molar-refractivity contribution in [2.75, 3.05) is 63.1 Å². The summed E-state index contributed by atoms with van der Waals surface area (Å²) in [7, 11) is 3.94. The van der Waals surface area contributed by atoms with E-state index in [9.17, 15) is 14.4 Å². The van der Waals surface area contributed by atoms with E-state index in [0.29, 0.717) is 101 Å². The van der Waals surface area contributed by atoms with E-state index < -0.39 is 0 Å². The van der Waals surface area contributed by atoms with E-state index in [2.05, 4.69) is 94.3 Å². The fourth-order valence-corrected chi connectivity index (χ4v) is 12.2. The first-order chi connectivity index (χ1) is 42.6. The molecule has 0 unspecified atom stereocenters.